The third-order valence-corrected chi connectivity index (χ3v) is 2.46. The minimum Gasteiger partial charge on any atom is -0.338 e. The molecule has 18 heavy (non-hydrogen) atoms. The van der Waals surface area contributed by atoms with Gasteiger partial charge in [0.1, 0.15) is 5.82 Å². The van der Waals surface area contributed by atoms with Crippen LogP contribution in [0.5, 0.6) is 0 Å². The van der Waals surface area contributed by atoms with Gasteiger partial charge in [-0.3, -0.25) is 0 Å². The van der Waals surface area contributed by atoms with Crippen molar-refractivity contribution in [2.24, 2.45) is 5.41 Å². The molecule has 0 saturated heterocycles. The number of halogens is 2. The van der Waals surface area contributed by atoms with Crippen molar-refractivity contribution in [3.63, 3.8) is 0 Å². The molecule has 3 nitrogen and oxygen atoms in total. The first-order valence-corrected chi connectivity index (χ1v) is 6.11. The van der Waals surface area contributed by atoms with Crippen LogP contribution in [0.15, 0.2) is 18.2 Å². The van der Waals surface area contributed by atoms with Gasteiger partial charge in [0.25, 0.3) is 0 Å². The Labute approximate surface area is 112 Å². The van der Waals surface area contributed by atoms with Crippen molar-refractivity contribution >= 4 is 17.6 Å². The molecule has 2 amide bonds. The van der Waals surface area contributed by atoms with Gasteiger partial charge < -0.3 is 10.6 Å². The summed E-state index contributed by atoms with van der Waals surface area (Å²) in [6.07, 6.45) is 0. The molecule has 1 rings (SSSR count). The van der Waals surface area contributed by atoms with E-state index in [1.165, 1.54) is 18.2 Å². The van der Waals surface area contributed by atoms with Gasteiger partial charge in [0.2, 0.25) is 0 Å². The van der Waals surface area contributed by atoms with E-state index in [1.807, 2.05) is 20.8 Å². The maximum atomic E-state index is 13.4. The van der Waals surface area contributed by atoms with Gasteiger partial charge in [-0.25, -0.2) is 9.18 Å². The molecule has 0 radical (unpaired) electrons. The van der Waals surface area contributed by atoms with E-state index in [2.05, 4.69) is 10.6 Å². The van der Waals surface area contributed by atoms with Crippen molar-refractivity contribution in [3.05, 3.63) is 34.6 Å². The highest BCUT2D eigenvalue weighted by Crippen LogP contribution is 2.14. The van der Waals surface area contributed by atoms with Gasteiger partial charge in [-0.05, 0) is 23.6 Å². The molecule has 5 heteroatoms. The van der Waals surface area contributed by atoms with Gasteiger partial charge >= 0.3 is 6.03 Å². The molecular weight excluding hydrogens is 255 g/mol. The monoisotopic (exact) mass is 272 g/mol. The van der Waals surface area contributed by atoms with Gasteiger partial charge in [0, 0.05) is 23.7 Å². The van der Waals surface area contributed by atoms with Crippen molar-refractivity contribution in [3.8, 4) is 0 Å². The van der Waals surface area contributed by atoms with Crippen LogP contribution in [0.2, 0.25) is 5.02 Å². The van der Waals surface area contributed by atoms with E-state index in [1.54, 1.807) is 0 Å². The van der Waals surface area contributed by atoms with Crippen molar-refractivity contribution in [2.75, 3.05) is 6.54 Å². The molecule has 2 N–H and O–H groups in total. The predicted molar refractivity (Wildman–Crippen MR) is 71.1 cm³/mol. The van der Waals surface area contributed by atoms with E-state index >= 15 is 0 Å². The summed E-state index contributed by atoms with van der Waals surface area (Å²) in [6.45, 7) is 6.72. The highest BCUT2D eigenvalue weighted by Gasteiger charge is 2.12. The molecule has 0 spiro atoms. The molecule has 0 aliphatic rings. The van der Waals surface area contributed by atoms with Gasteiger partial charge in [-0.2, -0.15) is 0 Å². The quantitative estimate of drug-likeness (QED) is 0.871. The summed E-state index contributed by atoms with van der Waals surface area (Å²) in [5.41, 5.74) is 0.381. The second kappa shape index (κ2) is 6.05. The van der Waals surface area contributed by atoms with E-state index in [4.69, 9.17) is 11.6 Å². The summed E-state index contributed by atoms with van der Waals surface area (Å²) in [4.78, 5) is 11.5. The number of nitrogens with one attached hydrogen (secondary N) is 2. The summed E-state index contributed by atoms with van der Waals surface area (Å²) in [7, 11) is 0. The lowest BCUT2D eigenvalue weighted by Gasteiger charge is -2.19. The highest BCUT2D eigenvalue weighted by molar-refractivity contribution is 6.30. The Morgan fingerprint density at radius 1 is 1.33 bits per heavy atom. The highest BCUT2D eigenvalue weighted by atomic mass is 35.5. The minimum atomic E-state index is -0.379. The van der Waals surface area contributed by atoms with E-state index in [0.29, 0.717) is 17.1 Å². The molecule has 0 aliphatic carbocycles. The number of urea groups is 1. The summed E-state index contributed by atoms with van der Waals surface area (Å²) in [6, 6.07) is 3.94. The fraction of sp³-hybridized carbons (Fsp3) is 0.462. The van der Waals surface area contributed by atoms with Crippen LogP contribution >= 0.6 is 11.6 Å². The number of amides is 2. The van der Waals surface area contributed by atoms with Crippen LogP contribution < -0.4 is 10.6 Å². The van der Waals surface area contributed by atoms with Crippen molar-refractivity contribution in [1.82, 2.24) is 10.6 Å². The maximum absolute atomic E-state index is 13.4. The van der Waals surface area contributed by atoms with E-state index < -0.39 is 0 Å². The van der Waals surface area contributed by atoms with Crippen LogP contribution in [0.1, 0.15) is 26.3 Å². The summed E-state index contributed by atoms with van der Waals surface area (Å²) in [5.74, 6) is -0.379. The zero-order valence-corrected chi connectivity index (χ0v) is 11.6. The zero-order valence-electron chi connectivity index (χ0n) is 10.8. The second-order valence-electron chi connectivity index (χ2n) is 5.33. The van der Waals surface area contributed by atoms with Crippen molar-refractivity contribution < 1.29 is 9.18 Å². The third kappa shape index (κ3) is 5.36. The standard InChI is InChI=1S/C13H18ClFN2O/c1-13(2,3)8-17-12(18)16-7-9-6-10(14)4-5-11(9)15/h4-6H,7-8H2,1-3H3,(H2,16,17,18). The number of carbonyl (C=O) groups excluding carboxylic acids is 1. The van der Waals surface area contributed by atoms with Crippen LogP contribution in [-0.4, -0.2) is 12.6 Å². The summed E-state index contributed by atoms with van der Waals surface area (Å²) < 4.78 is 13.4. The molecular formula is C13H18ClFN2O. The predicted octanol–water partition coefficient (Wildman–Crippen LogP) is 3.32. The first-order valence-electron chi connectivity index (χ1n) is 5.73. The van der Waals surface area contributed by atoms with Crippen molar-refractivity contribution in [2.45, 2.75) is 27.3 Å². The van der Waals surface area contributed by atoms with Crippen LogP contribution in [0.4, 0.5) is 9.18 Å². The molecule has 0 atom stereocenters. The number of carbonyl (C=O) groups is 1. The molecule has 0 bridgehead atoms. The molecule has 0 heterocycles. The third-order valence-electron chi connectivity index (χ3n) is 2.23. The normalized spacial score (nSPS) is 11.2. The first kappa shape index (κ1) is 14.8. The first-order chi connectivity index (χ1) is 8.28. The minimum absolute atomic E-state index is 0.0125. The fourth-order valence-electron chi connectivity index (χ4n) is 1.26. The van der Waals surface area contributed by atoms with E-state index in [-0.39, 0.29) is 23.8 Å². The lowest BCUT2D eigenvalue weighted by atomic mass is 9.97. The number of hydrogen-bond acceptors (Lipinski definition) is 1. The molecule has 100 valence electrons. The molecule has 0 aromatic heterocycles. The Morgan fingerprint density at radius 3 is 2.61 bits per heavy atom. The van der Waals surface area contributed by atoms with Crippen LogP contribution in [0, 0.1) is 11.2 Å². The van der Waals surface area contributed by atoms with Gasteiger partial charge in [-0.15, -0.1) is 0 Å². The number of hydrogen-bond donors (Lipinski definition) is 2. The lowest BCUT2D eigenvalue weighted by Crippen LogP contribution is -2.39. The Balaban J connectivity index is 2.45. The Hall–Kier alpha value is -1.29. The van der Waals surface area contributed by atoms with Crippen molar-refractivity contribution in [1.29, 1.82) is 0 Å². The second-order valence-corrected chi connectivity index (χ2v) is 5.77. The summed E-state index contributed by atoms with van der Waals surface area (Å²) in [5, 5.41) is 5.76. The van der Waals surface area contributed by atoms with Gasteiger partial charge in [-0.1, -0.05) is 32.4 Å². The zero-order chi connectivity index (χ0) is 13.8. The van der Waals surface area contributed by atoms with Gasteiger partial charge in [0.05, 0.1) is 0 Å². The maximum Gasteiger partial charge on any atom is 0.315 e. The molecule has 0 saturated carbocycles. The smallest absolute Gasteiger partial charge is 0.315 e. The Kier molecular flexibility index (Phi) is 4.96. The average Bonchev–Trinajstić information content (AvgIpc) is 2.26. The Bertz CT molecular complexity index is 429. The number of benzene rings is 1. The topological polar surface area (TPSA) is 41.1 Å². The molecule has 0 fully saturated rings. The average molecular weight is 273 g/mol. The lowest BCUT2D eigenvalue weighted by molar-refractivity contribution is 0.235. The van der Waals surface area contributed by atoms with Crippen LogP contribution in [-0.2, 0) is 6.54 Å². The van der Waals surface area contributed by atoms with E-state index in [0.717, 1.165) is 0 Å². The SMILES string of the molecule is CC(C)(C)CNC(=O)NCc1cc(Cl)ccc1F. The molecule has 1 aromatic carbocycles. The Morgan fingerprint density at radius 2 is 2.00 bits per heavy atom. The van der Waals surface area contributed by atoms with E-state index in [9.17, 15) is 9.18 Å². The number of rotatable bonds is 3. The fourth-order valence-corrected chi connectivity index (χ4v) is 1.46. The van der Waals surface area contributed by atoms with Crippen LogP contribution in [0.3, 0.4) is 0 Å². The molecule has 0 unspecified atom stereocenters. The van der Waals surface area contributed by atoms with Crippen LogP contribution in [0.25, 0.3) is 0 Å². The largest absolute Gasteiger partial charge is 0.338 e. The molecule has 1 aromatic rings. The summed E-state index contributed by atoms with van der Waals surface area (Å²) >= 11 is 5.76. The van der Waals surface area contributed by atoms with Gasteiger partial charge in [0.15, 0.2) is 0 Å². The molecule has 0 aliphatic heterocycles.